The van der Waals surface area contributed by atoms with Gasteiger partial charge >= 0.3 is 0 Å². The highest BCUT2D eigenvalue weighted by atomic mass is 35.5. The van der Waals surface area contributed by atoms with E-state index in [1.54, 1.807) is 0 Å². The summed E-state index contributed by atoms with van der Waals surface area (Å²) >= 11 is 6.13. The summed E-state index contributed by atoms with van der Waals surface area (Å²) in [5.74, 6) is 0. The molecule has 0 fully saturated rings. The van der Waals surface area contributed by atoms with E-state index in [0.717, 1.165) is 22.6 Å². The Hall–Kier alpha value is -1.31. The number of benzene rings is 2. The van der Waals surface area contributed by atoms with Crippen LogP contribution in [0.5, 0.6) is 0 Å². The minimum atomic E-state index is -0.00851. The third kappa shape index (κ3) is 3.12. The fourth-order valence-electron chi connectivity index (χ4n) is 1.94. The minimum absolute atomic E-state index is 0.00851. The Morgan fingerprint density at radius 3 is 2.33 bits per heavy atom. The average molecular weight is 260 g/mol. The van der Waals surface area contributed by atoms with Gasteiger partial charge in [-0.2, -0.15) is 0 Å². The number of nitrogens with two attached hydrogens (primary N) is 1. The summed E-state index contributed by atoms with van der Waals surface area (Å²) in [5, 5.41) is 0.784. The Morgan fingerprint density at radius 2 is 1.72 bits per heavy atom. The molecule has 0 spiro atoms. The molecular weight excluding hydrogens is 242 g/mol. The van der Waals surface area contributed by atoms with Crippen LogP contribution >= 0.6 is 11.6 Å². The predicted octanol–water partition coefficient (Wildman–Crippen LogP) is 4.20. The van der Waals surface area contributed by atoms with E-state index in [1.807, 2.05) is 19.1 Å². The fraction of sp³-hybridized carbons (Fsp3) is 0.250. The lowest BCUT2D eigenvalue weighted by molar-refractivity contribution is 0.721. The van der Waals surface area contributed by atoms with Crippen molar-refractivity contribution >= 4 is 11.6 Å². The number of halogens is 1. The summed E-state index contributed by atoms with van der Waals surface area (Å²) in [7, 11) is 0. The Morgan fingerprint density at radius 1 is 1.06 bits per heavy atom. The Kier molecular flexibility index (Phi) is 4.05. The summed E-state index contributed by atoms with van der Waals surface area (Å²) < 4.78 is 0. The molecular formula is C16H18ClN. The summed E-state index contributed by atoms with van der Waals surface area (Å²) in [6.07, 6.45) is 0.833. The summed E-state index contributed by atoms with van der Waals surface area (Å²) in [6, 6.07) is 14.5. The summed E-state index contributed by atoms with van der Waals surface area (Å²) in [4.78, 5) is 0. The summed E-state index contributed by atoms with van der Waals surface area (Å²) in [5.41, 5.74) is 10.9. The quantitative estimate of drug-likeness (QED) is 0.878. The zero-order valence-electron chi connectivity index (χ0n) is 10.8. The van der Waals surface area contributed by atoms with Gasteiger partial charge in [-0.1, -0.05) is 53.6 Å². The van der Waals surface area contributed by atoms with Gasteiger partial charge < -0.3 is 5.73 Å². The zero-order valence-corrected chi connectivity index (χ0v) is 11.5. The molecule has 2 N–H and O–H groups in total. The van der Waals surface area contributed by atoms with E-state index in [-0.39, 0.29) is 6.04 Å². The first-order valence-corrected chi connectivity index (χ1v) is 6.51. The van der Waals surface area contributed by atoms with Gasteiger partial charge in [0.25, 0.3) is 0 Å². The molecule has 0 aliphatic heterocycles. The molecule has 94 valence electrons. The molecule has 1 unspecified atom stereocenters. The molecule has 0 radical (unpaired) electrons. The number of aryl methyl sites for hydroxylation is 2. The van der Waals surface area contributed by atoms with Crippen molar-refractivity contribution in [2.24, 2.45) is 5.73 Å². The van der Waals surface area contributed by atoms with Crippen LogP contribution in [-0.2, 0) is 6.42 Å². The highest BCUT2D eigenvalue weighted by molar-refractivity contribution is 6.31. The molecule has 0 amide bonds. The predicted molar refractivity (Wildman–Crippen MR) is 78.0 cm³/mol. The van der Waals surface area contributed by atoms with Crippen molar-refractivity contribution in [3.05, 3.63) is 69.7 Å². The molecule has 0 aliphatic rings. The molecule has 0 bridgehead atoms. The van der Waals surface area contributed by atoms with E-state index in [1.165, 1.54) is 11.1 Å². The van der Waals surface area contributed by atoms with Crippen LogP contribution in [0.2, 0.25) is 5.02 Å². The molecule has 2 heteroatoms. The fourth-order valence-corrected chi connectivity index (χ4v) is 2.12. The second-order valence-corrected chi connectivity index (χ2v) is 5.21. The monoisotopic (exact) mass is 259 g/mol. The smallest absolute Gasteiger partial charge is 0.0438 e. The van der Waals surface area contributed by atoms with Gasteiger partial charge in [-0.3, -0.25) is 0 Å². The number of rotatable bonds is 3. The van der Waals surface area contributed by atoms with E-state index < -0.39 is 0 Å². The Bertz CT molecular complexity index is 531. The highest BCUT2D eigenvalue weighted by Gasteiger charge is 2.08. The van der Waals surface area contributed by atoms with Crippen LogP contribution in [0.3, 0.4) is 0 Å². The first kappa shape index (κ1) is 13.1. The molecule has 1 nitrogen and oxygen atoms in total. The largest absolute Gasteiger partial charge is 0.324 e. The van der Waals surface area contributed by atoms with Gasteiger partial charge in [0, 0.05) is 11.1 Å². The first-order valence-electron chi connectivity index (χ1n) is 6.13. The van der Waals surface area contributed by atoms with Gasteiger partial charge in [0.05, 0.1) is 0 Å². The second-order valence-electron chi connectivity index (χ2n) is 4.80. The Labute approximate surface area is 114 Å². The van der Waals surface area contributed by atoms with Crippen molar-refractivity contribution in [3.63, 3.8) is 0 Å². The number of hydrogen-bond donors (Lipinski definition) is 1. The highest BCUT2D eigenvalue weighted by Crippen LogP contribution is 2.22. The van der Waals surface area contributed by atoms with Crippen LogP contribution in [0.1, 0.15) is 28.3 Å². The minimum Gasteiger partial charge on any atom is -0.324 e. The van der Waals surface area contributed by atoms with Crippen molar-refractivity contribution in [3.8, 4) is 0 Å². The van der Waals surface area contributed by atoms with Gasteiger partial charge in [-0.25, -0.2) is 0 Å². The van der Waals surface area contributed by atoms with Crippen molar-refractivity contribution in [2.75, 3.05) is 0 Å². The van der Waals surface area contributed by atoms with Gasteiger partial charge in [0.15, 0.2) is 0 Å². The second kappa shape index (κ2) is 5.55. The van der Waals surface area contributed by atoms with Crippen LogP contribution < -0.4 is 5.73 Å². The Balaban J connectivity index is 2.13. The van der Waals surface area contributed by atoms with Crippen LogP contribution in [-0.4, -0.2) is 0 Å². The summed E-state index contributed by atoms with van der Waals surface area (Å²) in [6.45, 7) is 4.08. The van der Waals surface area contributed by atoms with Crippen molar-refractivity contribution in [2.45, 2.75) is 26.3 Å². The van der Waals surface area contributed by atoms with E-state index >= 15 is 0 Å². The maximum absolute atomic E-state index is 6.23. The van der Waals surface area contributed by atoms with Gasteiger partial charge in [-0.15, -0.1) is 0 Å². The van der Waals surface area contributed by atoms with Crippen molar-refractivity contribution in [1.29, 1.82) is 0 Å². The molecule has 0 heterocycles. The van der Waals surface area contributed by atoms with Gasteiger partial charge in [0.1, 0.15) is 0 Å². The van der Waals surface area contributed by atoms with Crippen LogP contribution in [0.15, 0.2) is 42.5 Å². The molecule has 0 saturated carbocycles. The van der Waals surface area contributed by atoms with Gasteiger partial charge in [0.2, 0.25) is 0 Å². The van der Waals surface area contributed by atoms with E-state index in [9.17, 15) is 0 Å². The van der Waals surface area contributed by atoms with E-state index in [0.29, 0.717) is 0 Å². The normalized spacial score (nSPS) is 12.4. The zero-order chi connectivity index (χ0) is 13.1. The molecule has 18 heavy (non-hydrogen) atoms. The number of hydrogen-bond acceptors (Lipinski definition) is 1. The lowest BCUT2D eigenvalue weighted by atomic mass is 9.98. The van der Waals surface area contributed by atoms with E-state index in [4.69, 9.17) is 17.3 Å². The topological polar surface area (TPSA) is 26.0 Å². The third-order valence-electron chi connectivity index (χ3n) is 3.20. The SMILES string of the molecule is Cc1ccc(CC(N)c2ccc(C)c(Cl)c2)cc1. The van der Waals surface area contributed by atoms with Crippen molar-refractivity contribution < 1.29 is 0 Å². The molecule has 0 aliphatic carbocycles. The molecule has 2 aromatic carbocycles. The maximum atomic E-state index is 6.23. The maximum Gasteiger partial charge on any atom is 0.0438 e. The van der Waals surface area contributed by atoms with Crippen LogP contribution in [0, 0.1) is 13.8 Å². The van der Waals surface area contributed by atoms with Gasteiger partial charge in [-0.05, 0) is 43.0 Å². The standard InChI is InChI=1S/C16H18ClN/c1-11-3-6-13(7-4-11)9-16(18)14-8-5-12(2)15(17)10-14/h3-8,10,16H,9,18H2,1-2H3. The van der Waals surface area contributed by atoms with E-state index in [2.05, 4.69) is 37.3 Å². The average Bonchev–Trinajstić information content (AvgIpc) is 2.35. The third-order valence-corrected chi connectivity index (χ3v) is 3.61. The van der Waals surface area contributed by atoms with Crippen LogP contribution in [0.4, 0.5) is 0 Å². The van der Waals surface area contributed by atoms with Crippen molar-refractivity contribution in [1.82, 2.24) is 0 Å². The first-order chi connectivity index (χ1) is 8.56. The lowest BCUT2D eigenvalue weighted by Gasteiger charge is -2.13. The molecule has 0 saturated heterocycles. The molecule has 1 atom stereocenters. The lowest BCUT2D eigenvalue weighted by Crippen LogP contribution is -2.13. The molecule has 2 rings (SSSR count). The molecule has 0 aromatic heterocycles. The van der Waals surface area contributed by atoms with Crippen LogP contribution in [0.25, 0.3) is 0 Å². The molecule has 2 aromatic rings.